The van der Waals surface area contributed by atoms with Crippen LogP contribution in [0.1, 0.15) is 57.2 Å². The van der Waals surface area contributed by atoms with Crippen molar-refractivity contribution in [2.75, 3.05) is 5.32 Å². The van der Waals surface area contributed by atoms with E-state index in [2.05, 4.69) is 15.4 Å². The van der Waals surface area contributed by atoms with Crippen LogP contribution in [0.5, 0.6) is 0 Å². The molecule has 1 amide bonds. The van der Waals surface area contributed by atoms with Crippen LogP contribution in [-0.2, 0) is 14.8 Å². The maximum Gasteiger partial charge on any atom is 0.284 e. The van der Waals surface area contributed by atoms with Crippen molar-refractivity contribution in [2.45, 2.75) is 56.3 Å². The Balaban J connectivity index is 1.42. The molecule has 0 bridgehead atoms. The van der Waals surface area contributed by atoms with Crippen LogP contribution in [-0.4, -0.2) is 28.5 Å². The zero-order chi connectivity index (χ0) is 19.0. The van der Waals surface area contributed by atoms with E-state index in [-0.39, 0.29) is 16.7 Å². The highest BCUT2D eigenvalue weighted by molar-refractivity contribution is 7.89. The monoisotopic (exact) mass is 388 g/mol. The van der Waals surface area contributed by atoms with Crippen LogP contribution in [0.15, 0.2) is 35.5 Å². The first-order valence-corrected chi connectivity index (χ1v) is 11.0. The molecule has 1 unspecified atom stereocenters. The molecule has 8 heteroatoms. The number of benzene rings is 1. The van der Waals surface area contributed by atoms with E-state index in [0.29, 0.717) is 23.3 Å². The Kier molecular flexibility index (Phi) is 4.75. The number of carbonyl (C=O) groups is 1. The highest BCUT2D eigenvalue weighted by Crippen LogP contribution is 2.38. The molecule has 4 rings (SSSR count). The molecule has 0 aliphatic heterocycles. The van der Waals surface area contributed by atoms with Gasteiger partial charge in [-0.1, -0.05) is 26.2 Å². The third-order valence-corrected chi connectivity index (χ3v) is 6.99. The fourth-order valence-electron chi connectivity index (χ4n) is 3.32. The number of hydrogen-bond donors (Lipinski definition) is 1. The van der Waals surface area contributed by atoms with Gasteiger partial charge in [0, 0.05) is 17.5 Å². The fraction of sp³-hybridized carbons (Fsp3) is 0.526. The van der Waals surface area contributed by atoms with E-state index in [0.717, 1.165) is 23.3 Å². The molecule has 2 aliphatic rings. The Bertz CT molecular complexity index is 928. The lowest BCUT2D eigenvalue weighted by atomic mass is 9.79. The lowest BCUT2D eigenvalue weighted by Crippen LogP contribution is -2.25. The summed E-state index contributed by atoms with van der Waals surface area (Å²) in [6.07, 6.45) is 7.89. The minimum absolute atomic E-state index is 0.0251. The Morgan fingerprint density at radius 2 is 1.93 bits per heavy atom. The van der Waals surface area contributed by atoms with E-state index in [9.17, 15) is 13.2 Å². The third kappa shape index (κ3) is 3.90. The average Bonchev–Trinajstić information content (AvgIpc) is 3.34. The Labute approximate surface area is 159 Å². The van der Waals surface area contributed by atoms with Crippen LogP contribution < -0.4 is 5.32 Å². The number of hydrogen-bond acceptors (Lipinski definition) is 5. The molecule has 1 atom stereocenters. The molecule has 2 aliphatic carbocycles. The summed E-state index contributed by atoms with van der Waals surface area (Å²) in [5, 5.41) is 6.98. The fourth-order valence-corrected chi connectivity index (χ4v) is 4.38. The van der Waals surface area contributed by atoms with Crippen LogP contribution >= 0.6 is 0 Å². The number of rotatable bonds is 7. The van der Waals surface area contributed by atoms with Gasteiger partial charge in [-0.2, -0.15) is 8.42 Å². The lowest BCUT2D eigenvalue weighted by molar-refractivity contribution is -0.120. The summed E-state index contributed by atoms with van der Waals surface area (Å²) in [5.74, 6) is 1.47. The Morgan fingerprint density at radius 3 is 2.52 bits per heavy atom. The molecule has 2 fully saturated rings. The maximum atomic E-state index is 12.7. The summed E-state index contributed by atoms with van der Waals surface area (Å²) >= 11 is 0. The van der Waals surface area contributed by atoms with Gasteiger partial charge in [0.2, 0.25) is 5.91 Å². The molecule has 0 spiro atoms. The zero-order valence-corrected chi connectivity index (χ0v) is 16.2. The lowest BCUT2D eigenvalue weighted by Gasteiger charge is -2.27. The topological polar surface area (TPSA) is 94.0 Å². The summed E-state index contributed by atoms with van der Waals surface area (Å²) < 4.78 is 26.3. The second-order valence-electron chi connectivity index (χ2n) is 7.70. The maximum absolute atomic E-state index is 12.7. The van der Waals surface area contributed by atoms with E-state index in [1.54, 1.807) is 12.1 Å². The molecule has 1 heterocycles. The molecule has 2 aromatic rings. The van der Waals surface area contributed by atoms with Gasteiger partial charge in [0.05, 0.1) is 4.90 Å². The van der Waals surface area contributed by atoms with Crippen molar-refractivity contribution in [3.8, 4) is 0 Å². The normalized spacial score (nSPS) is 18.7. The molecule has 27 heavy (non-hydrogen) atoms. The van der Waals surface area contributed by atoms with Gasteiger partial charge in [-0.3, -0.25) is 4.79 Å². The predicted molar refractivity (Wildman–Crippen MR) is 101 cm³/mol. The van der Waals surface area contributed by atoms with Crippen molar-refractivity contribution >= 4 is 21.6 Å². The number of carbonyl (C=O) groups excluding carboxylic acids is 1. The molecular formula is C19H24N4O3S. The summed E-state index contributed by atoms with van der Waals surface area (Å²) in [4.78, 5) is 16.5. The first kappa shape index (κ1) is 18.2. The Morgan fingerprint density at radius 1 is 1.22 bits per heavy atom. The second kappa shape index (κ2) is 7.07. The van der Waals surface area contributed by atoms with Crippen molar-refractivity contribution in [2.24, 2.45) is 11.8 Å². The van der Waals surface area contributed by atoms with Crippen molar-refractivity contribution in [1.29, 1.82) is 0 Å². The van der Waals surface area contributed by atoms with Crippen LogP contribution in [0.2, 0.25) is 0 Å². The van der Waals surface area contributed by atoms with Crippen LogP contribution in [0.4, 0.5) is 5.69 Å². The quantitative estimate of drug-likeness (QED) is 0.786. The predicted octanol–water partition coefficient (Wildman–Crippen LogP) is 3.16. The van der Waals surface area contributed by atoms with Crippen molar-refractivity contribution < 1.29 is 13.2 Å². The molecule has 1 aromatic heterocycles. The minimum Gasteiger partial charge on any atom is -0.326 e. The summed E-state index contributed by atoms with van der Waals surface area (Å²) in [6, 6.07) is 6.19. The van der Waals surface area contributed by atoms with Gasteiger partial charge in [-0.05, 0) is 49.4 Å². The van der Waals surface area contributed by atoms with E-state index in [1.807, 2.05) is 6.92 Å². The number of aromatic nitrogens is 3. The van der Waals surface area contributed by atoms with Crippen molar-refractivity contribution in [1.82, 2.24) is 14.2 Å². The van der Waals surface area contributed by atoms with Gasteiger partial charge in [-0.25, -0.2) is 4.98 Å². The second-order valence-corrected chi connectivity index (χ2v) is 9.50. The SMILES string of the molecule is CC(CC1CCC1)C(=O)Nc1ccc(S(=O)(=O)n2cnc(C3CC3)n2)cc1. The van der Waals surface area contributed by atoms with Gasteiger partial charge < -0.3 is 5.32 Å². The van der Waals surface area contributed by atoms with E-state index in [1.165, 1.54) is 37.7 Å². The number of anilines is 1. The van der Waals surface area contributed by atoms with E-state index in [4.69, 9.17) is 0 Å². The van der Waals surface area contributed by atoms with Gasteiger partial charge >= 0.3 is 0 Å². The van der Waals surface area contributed by atoms with Gasteiger partial charge in [0.1, 0.15) is 6.33 Å². The molecule has 1 aromatic carbocycles. The molecule has 7 nitrogen and oxygen atoms in total. The molecule has 0 radical (unpaired) electrons. The number of amides is 1. The first-order chi connectivity index (χ1) is 12.9. The first-order valence-electron chi connectivity index (χ1n) is 9.51. The van der Waals surface area contributed by atoms with E-state index < -0.39 is 10.0 Å². The standard InChI is InChI=1S/C19H24N4O3S/c1-13(11-14-3-2-4-14)19(24)21-16-7-9-17(10-8-16)27(25,26)23-12-20-18(22-23)15-5-6-15/h7-10,12-15H,2-6,11H2,1H3,(H,21,24). The zero-order valence-electron chi connectivity index (χ0n) is 15.3. The summed E-state index contributed by atoms with van der Waals surface area (Å²) in [5.41, 5.74) is 0.594. The molecule has 144 valence electrons. The smallest absolute Gasteiger partial charge is 0.284 e. The third-order valence-electron chi connectivity index (χ3n) is 5.46. The van der Waals surface area contributed by atoms with E-state index >= 15 is 0 Å². The average molecular weight is 388 g/mol. The summed E-state index contributed by atoms with van der Waals surface area (Å²) in [7, 11) is -3.77. The van der Waals surface area contributed by atoms with Crippen LogP contribution in [0, 0.1) is 11.8 Å². The molecule has 2 saturated carbocycles. The summed E-state index contributed by atoms with van der Waals surface area (Å²) in [6.45, 7) is 1.94. The molecule has 0 saturated heterocycles. The van der Waals surface area contributed by atoms with Gasteiger partial charge in [0.15, 0.2) is 5.82 Å². The number of nitrogens with one attached hydrogen (secondary N) is 1. The highest BCUT2D eigenvalue weighted by Gasteiger charge is 2.29. The Hall–Kier alpha value is -2.22. The minimum atomic E-state index is -3.77. The van der Waals surface area contributed by atoms with Crippen LogP contribution in [0.3, 0.4) is 0 Å². The molecular weight excluding hydrogens is 364 g/mol. The van der Waals surface area contributed by atoms with Crippen molar-refractivity contribution in [3.63, 3.8) is 0 Å². The van der Waals surface area contributed by atoms with Crippen molar-refractivity contribution in [3.05, 3.63) is 36.4 Å². The highest BCUT2D eigenvalue weighted by atomic mass is 32.2. The van der Waals surface area contributed by atoms with Crippen LogP contribution in [0.25, 0.3) is 0 Å². The number of nitrogens with zero attached hydrogens (tertiary/aromatic N) is 3. The van der Waals surface area contributed by atoms with Gasteiger partial charge in [-0.15, -0.1) is 9.19 Å². The molecule has 1 N–H and O–H groups in total. The largest absolute Gasteiger partial charge is 0.326 e. The van der Waals surface area contributed by atoms with Gasteiger partial charge in [0.25, 0.3) is 10.0 Å².